The van der Waals surface area contributed by atoms with E-state index in [-0.39, 0.29) is 11.9 Å². The third kappa shape index (κ3) is 3.22. The molecule has 1 unspecified atom stereocenters. The van der Waals surface area contributed by atoms with Gasteiger partial charge in [-0.25, -0.2) is 9.37 Å². The summed E-state index contributed by atoms with van der Waals surface area (Å²) in [7, 11) is 3.89. The highest BCUT2D eigenvalue weighted by atomic mass is 19.1. The van der Waals surface area contributed by atoms with E-state index in [9.17, 15) is 4.39 Å². The predicted octanol–water partition coefficient (Wildman–Crippen LogP) is 3.46. The lowest BCUT2D eigenvalue weighted by atomic mass is 10.1. The highest BCUT2D eigenvalue weighted by Gasteiger charge is 2.10. The van der Waals surface area contributed by atoms with Gasteiger partial charge in [0.2, 0.25) is 0 Å². The van der Waals surface area contributed by atoms with Gasteiger partial charge in [-0.1, -0.05) is 12.1 Å². The Morgan fingerprint density at radius 1 is 1.21 bits per heavy atom. The number of anilines is 2. The van der Waals surface area contributed by atoms with Crippen LogP contribution in [0, 0.1) is 5.82 Å². The molecule has 0 saturated carbocycles. The van der Waals surface area contributed by atoms with Crippen molar-refractivity contribution in [2.75, 3.05) is 24.3 Å². The normalized spacial score (nSPS) is 12.0. The summed E-state index contributed by atoms with van der Waals surface area (Å²) in [6.07, 6.45) is 1.76. The average molecular weight is 259 g/mol. The molecule has 2 aromatic rings. The largest absolute Gasteiger partial charge is 0.376 e. The van der Waals surface area contributed by atoms with Crippen LogP contribution < -0.4 is 10.2 Å². The van der Waals surface area contributed by atoms with Crippen molar-refractivity contribution in [2.24, 2.45) is 0 Å². The highest BCUT2D eigenvalue weighted by Crippen LogP contribution is 2.25. The Balaban J connectivity index is 2.22. The van der Waals surface area contributed by atoms with Crippen LogP contribution >= 0.6 is 0 Å². The molecular formula is C15H18FN3. The molecule has 0 aliphatic rings. The number of hydrogen-bond donors (Lipinski definition) is 1. The summed E-state index contributed by atoms with van der Waals surface area (Å²) in [5.41, 5.74) is 1.85. The Morgan fingerprint density at radius 3 is 2.68 bits per heavy atom. The number of benzene rings is 1. The van der Waals surface area contributed by atoms with Gasteiger partial charge < -0.3 is 10.2 Å². The van der Waals surface area contributed by atoms with Gasteiger partial charge in [0.15, 0.2) is 5.82 Å². The number of nitrogens with zero attached hydrogens (tertiary/aromatic N) is 2. The SMILES string of the molecule is CC(Nc1cccnc1N(C)C)c1cccc(F)c1. The predicted molar refractivity (Wildman–Crippen MR) is 77.0 cm³/mol. The third-order valence-corrected chi connectivity index (χ3v) is 2.93. The smallest absolute Gasteiger partial charge is 0.151 e. The van der Waals surface area contributed by atoms with Crippen LogP contribution in [0.15, 0.2) is 42.6 Å². The van der Waals surface area contributed by atoms with E-state index in [2.05, 4.69) is 10.3 Å². The molecule has 0 aliphatic heterocycles. The fraction of sp³-hybridized carbons (Fsp3) is 0.267. The lowest BCUT2D eigenvalue weighted by molar-refractivity contribution is 0.623. The first-order chi connectivity index (χ1) is 9.08. The van der Waals surface area contributed by atoms with Crippen molar-refractivity contribution in [1.82, 2.24) is 4.98 Å². The topological polar surface area (TPSA) is 28.2 Å². The summed E-state index contributed by atoms with van der Waals surface area (Å²) in [6, 6.07) is 10.5. The third-order valence-electron chi connectivity index (χ3n) is 2.93. The zero-order valence-electron chi connectivity index (χ0n) is 11.4. The maximum absolute atomic E-state index is 13.2. The molecule has 1 heterocycles. The molecule has 0 fully saturated rings. The van der Waals surface area contributed by atoms with E-state index in [4.69, 9.17) is 0 Å². The number of aromatic nitrogens is 1. The molecule has 0 aliphatic carbocycles. The van der Waals surface area contributed by atoms with E-state index in [0.717, 1.165) is 17.1 Å². The number of halogens is 1. The lowest BCUT2D eigenvalue weighted by Gasteiger charge is -2.21. The van der Waals surface area contributed by atoms with Crippen molar-refractivity contribution in [2.45, 2.75) is 13.0 Å². The average Bonchev–Trinajstić information content (AvgIpc) is 2.39. The first-order valence-electron chi connectivity index (χ1n) is 6.22. The molecule has 0 saturated heterocycles. The molecule has 1 aromatic heterocycles. The number of rotatable bonds is 4. The number of pyridine rings is 1. The van der Waals surface area contributed by atoms with E-state index < -0.39 is 0 Å². The van der Waals surface area contributed by atoms with Crippen LogP contribution in [-0.4, -0.2) is 19.1 Å². The zero-order chi connectivity index (χ0) is 13.8. The maximum atomic E-state index is 13.2. The van der Waals surface area contributed by atoms with Gasteiger partial charge in [-0.2, -0.15) is 0 Å². The number of hydrogen-bond acceptors (Lipinski definition) is 3. The standard InChI is InChI=1S/C15H18FN3/c1-11(12-6-4-7-13(16)10-12)18-14-8-5-9-17-15(14)19(2)3/h4-11,18H,1-3H3. The Morgan fingerprint density at radius 2 is 2.00 bits per heavy atom. The number of nitrogens with one attached hydrogen (secondary N) is 1. The van der Waals surface area contributed by atoms with Crippen LogP contribution in [0.1, 0.15) is 18.5 Å². The van der Waals surface area contributed by atoms with Crippen molar-refractivity contribution < 1.29 is 4.39 Å². The molecule has 0 spiro atoms. The Kier molecular flexibility index (Phi) is 4.00. The van der Waals surface area contributed by atoms with Crippen molar-refractivity contribution >= 4 is 11.5 Å². The second-order valence-electron chi connectivity index (χ2n) is 4.69. The molecule has 0 amide bonds. The Labute approximate surface area is 113 Å². The molecule has 1 N–H and O–H groups in total. The van der Waals surface area contributed by atoms with E-state index in [0.29, 0.717) is 0 Å². The lowest BCUT2D eigenvalue weighted by Crippen LogP contribution is -2.15. The molecule has 1 atom stereocenters. The molecule has 4 heteroatoms. The van der Waals surface area contributed by atoms with Gasteiger partial charge in [-0.05, 0) is 36.8 Å². The van der Waals surface area contributed by atoms with Crippen LogP contribution in [0.4, 0.5) is 15.9 Å². The van der Waals surface area contributed by atoms with Gasteiger partial charge in [0.05, 0.1) is 5.69 Å². The van der Waals surface area contributed by atoms with Crippen LogP contribution in [0.3, 0.4) is 0 Å². The van der Waals surface area contributed by atoms with Gasteiger partial charge in [-0.15, -0.1) is 0 Å². The Bertz CT molecular complexity index is 555. The van der Waals surface area contributed by atoms with E-state index in [1.54, 1.807) is 18.3 Å². The van der Waals surface area contributed by atoms with Crippen LogP contribution in [0.25, 0.3) is 0 Å². The Hall–Kier alpha value is -2.10. The van der Waals surface area contributed by atoms with Gasteiger partial charge in [0, 0.05) is 26.3 Å². The van der Waals surface area contributed by atoms with E-state index in [1.807, 2.05) is 44.1 Å². The first kappa shape index (κ1) is 13.3. The molecule has 3 nitrogen and oxygen atoms in total. The monoisotopic (exact) mass is 259 g/mol. The van der Waals surface area contributed by atoms with Crippen LogP contribution in [0.2, 0.25) is 0 Å². The van der Waals surface area contributed by atoms with Crippen molar-refractivity contribution in [3.05, 3.63) is 54.0 Å². The maximum Gasteiger partial charge on any atom is 0.151 e. The van der Waals surface area contributed by atoms with Crippen molar-refractivity contribution in [1.29, 1.82) is 0 Å². The molecule has 1 aromatic carbocycles. The first-order valence-corrected chi connectivity index (χ1v) is 6.22. The molecular weight excluding hydrogens is 241 g/mol. The molecule has 100 valence electrons. The van der Waals surface area contributed by atoms with Crippen LogP contribution in [0.5, 0.6) is 0 Å². The summed E-state index contributed by atoms with van der Waals surface area (Å²) in [5.74, 6) is 0.649. The quantitative estimate of drug-likeness (QED) is 0.911. The van der Waals surface area contributed by atoms with E-state index >= 15 is 0 Å². The van der Waals surface area contributed by atoms with Crippen molar-refractivity contribution in [3.63, 3.8) is 0 Å². The van der Waals surface area contributed by atoms with Gasteiger partial charge >= 0.3 is 0 Å². The fourth-order valence-corrected chi connectivity index (χ4v) is 1.96. The van der Waals surface area contributed by atoms with Gasteiger partial charge in [-0.3, -0.25) is 0 Å². The second-order valence-corrected chi connectivity index (χ2v) is 4.69. The summed E-state index contributed by atoms with van der Waals surface area (Å²) < 4.78 is 13.2. The summed E-state index contributed by atoms with van der Waals surface area (Å²) in [5, 5.41) is 3.36. The minimum Gasteiger partial charge on any atom is -0.376 e. The summed E-state index contributed by atoms with van der Waals surface area (Å²) >= 11 is 0. The summed E-state index contributed by atoms with van der Waals surface area (Å²) in [4.78, 5) is 6.28. The molecule has 0 radical (unpaired) electrons. The van der Waals surface area contributed by atoms with Gasteiger partial charge in [0.25, 0.3) is 0 Å². The van der Waals surface area contributed by atoms with E-state index in [1.165, 1.54) is 6.07 Å². The molecule has 2 rings (SSSR count). The van der Waals surface area contributed by atoms with Crippen molar-refractivity contribution in [3.8, 4) is 0 Å². The van der Waals surface area contributed by atoms with Gasteiger partial charge in [0.1, 0.15) is 5.82 Å². The minimum absolute atomic E-state index is 0.0126. The zero-order valence-corrected chi connectivity index (χ0v) is 11.4. The highest BCUT2D eigenvalue weighted by molar-refractivity contribution is 5.65. The molecule has 19 heavy (non-hydrogen) atoms. The van der Waals surface area contributed by atoms with Crippen LogP contribution in [-0.2, 0) is 0 Å². The minimum atomic E-state index is -0.217. The summed E-state index contributed by atoms with van der Waals surface area (Å²) in [6.45, 7) is 2.00. The second kappa shape index (κ2) is 5.69. The fourth-order valence-electron chi connectivity index (χ4n) is 1.96. The molecule has 0 bridgehead atoms.